The van der Waals surface area contributed by atoms with Crippen molar-refractivity contribution in [3.05, 3.63) is 102 Å². The molecule has 3 rings (SSSR count). The number of carbonyl (C=O) groups excluding carboxylic acids is 2. The predicted molar refractivity (Wildman–Crippen MR) is 143 cm³/mol. The van der Waals surface area contributed by atoms with Crippen LogP contribution in [0.3, 0.4) is 0 Å². The van der Waals surface area contributed by atoms with Crippen LogP contribution in [0.2, 0.25) is 0 Å². The first kappa shape index (κ1) is 27.9. The summed E-state index contributed by atoms with van der Waals surface area (Å²) < 4.78 is 31.6. The maximum atomic E-state index is 13.5. The smallest absolute Gasteiger partial charge is 0.242 e. The van der Waals surface area contributed by atoms with Gasteiger partial charge >= 0.3 is 0 Å². The minimum Gasteiger partial charge on any atom is -0.496 e. The van der Waals surface area contributed by atoms with Gasteiger partial charge in [-0.2, -0.15) is 4.31 Å². The molecule has 0 aliphatic carbocycles. The zero-order chi connectivity index (χ0) is 26.8. The standard InChI is InChI=1S/C28H33N3O5S/c1-22(28(33)29-18-25-16-10-11-17-26(25)36-2)31(20-24-14-8-5-9-15-24)27(32)21-30(37(3,34)35)19-23-12-6-4-7-13-23/h4-17,22H,18-21H2,1-3H3,(H,29,33)/t22-/m1/s1. The van der Waals surface area contributed by atoms with Gasteiger partial charge < -0.3 is 15.0 Å². The lowest BCUT2D eigenvalue weighted by atomic mass is 10.1. The van der Waals surface area contributed by atoms with Crippen LogP contribution < -0.4 is 10.1 Å². The van der Waals surface area contributed by atoms with Crippen LogP contribution in [0, 0.1) is 0 Å². The molecule has 0 heterocycles. The summed E-state index contributed by atoms with van der Waals surface area (Å²) in [6.07, 6.45) is 1.08. The Labute approximate surface area is 218 Å². The number of nitrogens with one attached hydrogen (secondary N) is 1. The van der Waals surface area contributed by atoms with Gasteiger partial charge in [0.05, 0.1) is 19.9 Å². The molecule has 0 spiro atoms. The number of hydrogen-bond donors (Lipinski definition) is 1. The van der Waals surface area contributed by atoms with Gasteiger partial charge in [0.25, 0.3) is 0 Å². The van der Waals surface area contributed by atoms with E-state index in [1.165, 1.54) is 4.90 Å². The van der Waals surface area contributed by atoms with Crippen LogP contribution in [0.1, 0.15) is 23.6 Å². The summed E-state index contributed by atoms with van der Waals surface area (Å²) in [5, 5.41) is 2.87. The zero-order valence-electron chi connectivity index (χ0n) is 21.3. The van der Waals surface area contributed by atoms with E-state index < -0.39 is 22.0 Å². The minimum absolute atomic E-state index is 0.0545. The Kier molecular flexibility index (Phi) is 9.82. The first-order valence-corrected chi connectivity index (χ1v) is 13.8. The molecule has 1 N–H and O–H groups in total. The van der Waals surface area contributed by atoms with Gasteiger partial charge in [-0.3, -0.25) is 9.59 Å². The highest BCUT2D eigenvalue weighted by Crippen LogP contribution is 2.18. The molecule has 0 bridgehead atoms. The summed E-state index contributed by atoms with van der Waals surface area (Å²) in [6.45, 7) is 1.69. The van der Waals surface area contributed by atoms with Gasteiger partial charge in [-0.1, -0.05) is 78.9 Å². The van der Waals surface area contributed by atoms with Gasteiger partial charge in [0, 0.05) is 25.2 Å². The number of rotatable bonds is 12. The van der Waals surface area contributed by atoms with E-state index in [1.54, 1.807) is 26.2 Å². The summed E-state index contributed by atoms with van der Waals surface area (Å²) in [7, 11) is -2.13. The lowest BCUT2D eigenvalue weighted by molar-refractivity contribution is -0.140. The van der Waals surface area contributed by atoms with Gasteiger partial charge in [-0.05, 0) is 24.1 Å². The Hall–Kier alpha value is -3.69. The second kappa shape index (κ2) is 13.0. The summed E-state index contributed by atoms with van der Waals surface area (Å²) >= 11 is 0. The molecule has 0 saturated heterocycles. The average molecular weight is 524 g/mol. The number of methoxy groups -OCH3 is 1. The third kappa shape index (κ3) is 8.16. The largest absolute Gasteiger partial charge is 0.496 e. The Morgan fingerprint density at radius 2 is 1.41 bits per heavy atom. The summed E-state index contributed by atoms with van der Waals surface area (Å²) in [5.41, 5.74) is 2.39. The van der Waals surface area contributed by atoms with E-state index in [2.05, 4.69) is 5.32 Å². The topological polar surface area (TPSA) is 96.0 Å². The minimum atomic E-state index is -3.69. The number of para-hydroxylation sites is 1. The molecule has 3 aromatic rings. The van der Waals surface area contributed by atoms with Crippen LogP contribution >= 0.6 is 0 Å². The van der Waals surface area contributed by atoms with E-state index in [-0.39, 0.29) is 32.1 Å². The molecule has 196 valence electrons. The third-order valence-corrected chi connectivity index (χ3v) is 7.19. The molecule has 0 aromatic heterocycles. The van der Waals surface area contributed by atoms with Crippen molar-refractivity contribution in [2.24, 2.45) is 0 Å². The van der Waals surface area contributed by atoms with Crippen molar-refractivity contribution in [1.82, 2.24) is 14.5 Å². The van der Waals surface area contributed by atoms with Crippen LogP contribution in [-0.4, -0.2) is 55.4 Å². The molecule has 0 fully saturated rings. The molecule has 0 aliphatic rings. The highest BCUT2D eigenvalue weighted by Gasteiger charge is 2.30. The Morgan fingerprint density at radius 3 is 1.97 bits per heavy atom. The van der Waals surface area contributed by atoms with Crippen molar-refractivity contribution in [3.8, 4) is 5.75 Å². The van der Waals surface area contributed by atoms with Gasteiger partial charge in [-0.15, -0.1) is 0 Å². The van der Waals surface area contributed by atoms with Gasteiger partial charge in [0.15, 0.2) is 0 Å². The summed E-state index contributed by atoms with van der Waals surface area (Å²) in [5.74, 6) is -0.174. The molecule has 0 radical (unpaired) electrons. The Morgan fingerprint density at radius 1 is 0.865 bits per heavy atom. The fourth-order valence-corrected chi connectivity index (χ4v) is 4.59. The summed E-state index contributed by atoms with van der Waals surface area (Å²) in [6, 6.07) is 24.9. The molecule has 8 nitrogen and oxygen atoms in total. The van der Waals surface area contributed by atoms with Crippen molar-refractivity contribution in [2.45, 2.75) is 32.6 Å². The molecule has 3 aromatic carbocycles. The predicted octanol–water partition coefficient (Wildman–Crippen LogP) is 3.19. The second-order valence-electron chi connectivity index (χ2n) is 8.73. The fraction of sp³-hybridized carbons (Fsp3) is 0.286. The lowest BCUT2D eigenvalue weighted by Gasteiger charge is -2.31. The quantitative estimate of drug-likeness (QED) is 0.393. The van der Waals surface area contributed by atoms with Crippen LogP contribution in [-0.2, 0) is 39.2 Å². The number of sulfonamides is 1. The van der Waals surface area contributed by atoms with Crippen LogP contribution in [0.25, 0.3) is 0 Å². The maximum absolute atomic E-state index is 13.5. The van der Waals surface area contributed by atoms with Gasteiger partial charge in [0.2, 0.25) is 21.8 Å². The van der Waals surface area contributed by atoms with Crippen molar-refractivity contribution >= 4 is 21.8 Å². The first-order valence-electron chi connectivity index (χ1n) is 11.9. The van der Waals surface area contributed by atoms with Crippen molar-refractivity contribution < 1.29 is 22.7 Å². The molecule has 9 heteroatoms. The van der Waals surface area contributed by atoms with E-state index in [0.29, 0.717) is 5.75 Å². The van der Waals surface area contributed by atoms with Gasteiger partial charge in [0.1, 0.15) is 11.8 Å². The Bertz CT molecular complexity index is 1280. The van der Waals surface area contributed by atoms with Crippen LogP contribution in [0.4, 0.5) is 0 Å². The molecule has 0 aliphatic heterocycles. The van der Waals surface area contributed by atoms with E-state index in [4.69, 9.17) is 4.74 Å². The van der Waals surface area contributed by atoms with Crippen LogP contribution in [0.5, 0.6) is 5.75 Å². The first-order chi connectivity index (χ1) is 17.7. The number of carbonyl (C=O) groups is 2. The second-order valence-corrected chi connectivity index (χ2v) is 10.7. The fourth-order valence-electron chi connectivity index (χ4n) is 3.86. The van der Waals surface area contributed by atoms with Crippen LogP contribution in [0.15, 0.2) is 84.9 Å². The molecule has 2 amide bonds. The highest BCUT2D eigenvalue weighted by molar-refractivity contribution is 7.88. The van der Waals surface area contributed by atoms with Gasteiger partial charge in [-0.25, -0.2) is 8.42 Å². The normalized spacial score (nSPS) is 12.1. The maximum Gasteiger partial charge on any atom is 0.242 e. The molecular formula is C28H33N3O5S. The molecule has 1 atom stereocenters. The number of benzene rings is 3. The molecule has 0 saturated carbocycles. The average Bonchev–Trinajstić information content (AvgIpc) is 2.90. The molecular weight excluding hydrogens is 490 g/mol. The van der Waals surface area contributed by atoms with Crippen molar-refractivity contribution in [3.63, 3.8) is 0 Å². The zero-order valence-corrected chi connectivity index (χ0v) is 22.1. The number of amides is 2. The van der Waals surface area contributed by atoms with Crippen molar-refractivity contribution in [2.75, 3.05) is 19.9 Å². The van der Waals surface area contributed by atoms with E-state index in [1.807, 2.05) is 72.8 Å². The highest BCUT2D eigenvalue weighted by atomic mass is 32.2. The Balaban J connectivity index is 1.80. The molecule has 0 unspecified atom stereocenters. The van der Waals surface area contributed by atoms with Crippen molar-refractivity contribution in [1.29, 1.82) is 0 Å². The lowest BCUT2D eigenvalue weighted by Crippen LogP contribution is -2.50. The van der Waals surface area contributed by atoms with E-state index >= 15 is 0 Å². The molecule has 37 heavy (non-hydrogen) atoms. The monoisotopic (exact) mass is 523 g/mol. The third-order valence-electron chi connectivity index (χ3n) is 5.99. The number of hydrogen-bond acceptors (Lipinski definition) is 5. The van der Waals surface area contributed by atoms with E-state index in [9.17, 15) is 18.0 Å². The SMILES string of the molecule is COc1ccccc1CNC(=O)[C@@H](C)N(Cc1ccccc1)C(=O)CN(Cc1ccccc1)S(C)(=O)=O. The number of nitrogens with zero attached hydrogens (tertiary/aromatic N) is 2. The van der Waals surface area contributed by atoms with E-state index in [0.717, 1.165) is 27.3 Å². The summed E-state index contributed by atoms with van der Waals surface area (Å²) in [4.78, 5) is 28.1. The number of ether oxygens (including phenoxy) is 1.